The Bertz CT molecular complexity index is 474. The van der Waals surface area contributed by atoms with Crippen molar-refractivity contribution in [2.24, 2.45) is 5.41 Å². The second-order valence-corrected chi connectivity index (χ2v) is 6.03. The van der Waals surface area contributed by atoms with E-state index in [-0.39, 0.29) is 12.0 Å². The van der Waals surface area contributed by atoms with Crippen molar-refractivity contribution in [1.29, 1.82) is 0 Å². The highest BCUT2D eigenvalue weighted by Gasteiger charge is 2.29. The zero-order chi connectivity index (χ0) is 13.7. The summed E-state index contributed by atoms with van der Waals surface area (Å²) >= 11 is 5.83. The predicted octanol–water partition coefficient (Wildman–Crippen LogP) is 2.79. The third-order valence-corrected chi connectivity index (χ3v) is 3.87. The highest BCUT2D eigenvalue weighted by atomic mass is 35.5. The van der Waals surface area contributed by atoms with Gasteiger partial charge in [0.25, 0.3) is 0 Å². The van der Waals surface area contributed by atoms with Gasteiger partial charge in [-0.3, -0.25) is 4.90 Å². The van der Waals surface area contributed by atoms with Crippen LogP contribution in [0.1, 0.15) is 25.3 Å². The molecule has 1 aliphatic rings. The average molecular weight is 278 g/mol. The van der Waals surface area contributed by atoms with Crippen LogP contribution in [0, 0.1) is 17.3 Å². The maximum Gasteiger partial charge on any atom is 0.0605 e. The molecule has 1 fully saturated rings. The normalized spacial score (nSPS) is 23.7. The molecule has 0 aliphatic carbocycles. The quantitative estimate of drug-likeness (QED) is 0.841. The van der Waals surface area contributed by atoms with Crippen molar-refractivity contribution in [2.75, 3.05) is 26.2 Å². The summed E-state index contributed by atoms with van der Waals surface area (Å²) in [4.78, 5) is 2.32. The molecular weight excluding hydrogens is 258 g/mol. The van der Waals surface area contributed by atoms with E-state index in [4.69, 9.17) is 11.6 Å². The Labute approximate surface area is 120 Å². The number of aliphatic hydroxyl groups excluding tert-OH is 1. The van der Waals surface area contributed by atoms with E-state index in [1.165, 1.54) is 0 Å². The Morgan fingerprint density at radius 1 is 1.37 bits per heavy atom. The topological polar surface area (TPSA) is 23.5 Å². The first-order valence-corrected chi connectivity index (χ1v) is 7.07. The zero-order valence-electron chi connectivity index (χ0n) is 11.3. The molecule has 1 heterocycles. The SMILES string of the molecule is CC1(CO)CCCN(CC#Cc2ccc(Cl)cc2)C1. The summed E-state index contributed by atoms with van der Waals surface area (Å²) in [6, 6.07) is 7.58. The molecule has 102 valence electrons. The highest BCUT2D eigenvalue weighted by molar-refractivity contribution is 6.30. The van der Waals surface area contributed by atoms with Gasteiger partial charge in [-0.1, -0.05) is 30.4 Å². The summed E-state index contributed by atoms with van der Waals surface area (Å²) in [6.07, 6.45) is 2.24. The number of likely N-dealkylation sites (tertiary alicyclic amines) is 1. The first kappa shape index (κ1) is 14.4. The molecule has 1 N–H and O–H groups in total. The maximum absolute atomic E-state index is 9.42. The van der Waals surface area contributed by atoms with E-state index in [2.05, 4.69) is 23.7 Å². The number of nitrogens with zero attached hydrogens (tertiary/aromatic N) is 1. The summed E-state index contributed by atoms with van der Waals surface area (Å²) in [5, 5.41) is 10.2. The minimum Gasteiger partial charge on any atom is -0.396 e. The lowest BCUT2D eigenvalue weighted by atomic mass is 9.83. The molecule has 1 aromatic carbocycles. The lowest BCUT2D eigenvalue weighted by Gasteiger charge is -2.38. The fourth-order valence-electron chi connectivity index (χ4n) is 2.48. The Hall–Kier alpha value is -1.01. The van der Waals surface area contributed by atoms with Gasteiger partial charge in [-0.2, -0.15) is 0 Å². The maximum atomic E-state index is 9.42. The van der Waals surface area contributed by atoms with Gasteiger partial charge >= 0.3 is 0 Å². The van der Waals surface area contributed by atoms with Crippen LogP contribution in [-0.4, -0.2) is 36.2 Å². The lowest BCUT2D eigenvalue weighted by Crippen LogP contribution is -2.43. The van der Waals surface area contributed by atoms with Crippen molar-refractivity contribution < 1.29 is 5.11 Å². The van der Waals surface area contributed by atoms with Gasteiger partial charge in [-0.05, 0) is 43.7 Å². The Morgan fingerprint density at radius 3 is 2.79 bits per heavy atom. The molecule has 0 saturated carbocycles. The zero-order valence-corrected chi connectivity index (χ0v) is 12.1. The Balaban J connectivity index is 1.90. The smallest absolute Gasteiger partial charge is 0.0605 e. The molecular formula is C16H20ClNO. The molecule has 0 aromatic heterocycles. The minimum atomic E-state index is 0.0419. The van der Waals surface area contributed by atoms with E-state index < -0.39 is 0 Å². The molecule has 0 spiro atoms. The van der Waals surface area contributed by atoms with E-state index in [9.17, 15) is 5.11 Å². The summed E-state index contributed by atoms with van der Waals surface area (Å²) in [5.41, 5.74) is 1.03. The summed E-state index contributed by atoms with van der Waals surface area (Å²) in [7, 11) is 0. The third-order valence-electron chi connectivity index (χ3n) is 3.62. The standard InChI is InChI=1S/C16H20ClNO/c1-16(13-19)9-3-11-18(12-16)10-2-4-14-5-7-15(17)8-6-14/h5-8,19H,3,9-13H2,1H3. The van der Waals surface area contributed by atoms with Gasteiger partial charge in [0.1, 0.15) is 0 Å². The lowest BCUT2D eigenvalue weighted by molar-refractivity contribution is 0.0532. The van der Waals surface area contributed by atoms with E-state index >= 15 is 0 Å². The number of hydrogen-bond acceptors (Lipinski definition) is 2. The van der Waals surface area contributed by atoms with Gasteiger partial charge < -0.3 is 5.11 Å². The van der Waals surface area contributed by atoms with Crippen LogP contribution >= 0.6 is 11.6 Å². The van der Waals surface area contributed by atoms with E-state index in [1.807, 2.05) is 24.3 Å². The van der Waals surface area contributed by atoms with Crippen LogP contribution in [-0.2, 0) is 0 Å². The molecule has 0 radical (unpaired) electrons. The van der Waals surface area contributed by atoms with Gasteiger partial charge in [-0.25, -0.2) is 0 Å². The molecule has 2 nitrogen and oxygen atoms in total. The van der Waals surface area contributed by atoms with Gasteiger partial charge in [0.2, 0.25) is 0 Å². The monoisotopic (exact) mass is 277 g/mol. The van der Waals surface area contributed by atoms with Crippen LogP contribution in [0.5, 0.6) is 0 Å². The van der Waals surface area contributed by atoms with Gasteiger partial charge in [0, 0.05) is 29.2 Å². The number of aliphatic hydroxyl groups is 1. The van der Waals surface area contributed by atoms with Crippen molar-refractivity contribution in [3.8, 4) is 11.8 Å². The molecule has 2 rings (SSSR count). The Morgan fingerprint density at radius 2 is 2.11 bits per heavy atom. The van der Waals surface area contributed by atoms with Crippen molar-refractivity contribution in [2.45, 2.75) is 19.8 Å². The van der Waals surface area contributed by atoms with Crippen LogP contribution in [0.25, 0.3) is 0 Å². The first-order valence-electron chi connectivity index (χ1n) is 6.69. The summed E-state index contributed by atoms with van der Waals surface area (Å²) < 4.78 is 0. The van der Waals surface area contributed by atoms with E-state index in [0.717, 1.165) is 43.1 Å². The molecule has 1 saturated heterocycles. The van der Waals surface area contributed by atoms with Crippen LogP contribution < -0.4 is 0 Å². The summed E-state index contributed by atoms with van der Waals surface area (Å²) in [6.45, 7) is 5.17. The van der Waals surface area contributed by atoms with Crippen LogP contribution in [0.15, 0.2) is 24.3 Å². The van der Waals surface area contributed by atoms with Crippen LogP contribution in [0.4, 0.5) is 0 Å². The molecule has 0 amide bonds. The molecule has 1 aromatic rings. The van der Waals surface area contributed by atoms with Crippen molar-refractivity contribution in [3.63, 3.8) is 0 Å². The average Bonchev–Trinajstić information content (AvgIpc) is 2.41. The predicted molar refractivity (Wildman–Crippen MR) is 79.2 cm³/mol. The number of piperidine rings is 1. The van der Waals surface area contributed by atoms with Crippen molar-refractivity contribution in [3.05, 3.63) is 34.9 Å². The second-order valence-electron chi connectivity index (χ2n) is 5.59. The van der Waals surface area contributed by atoms with Gasteiger partial charge in [-0.15, -0.1) is 0 Å². The van der Waals surface area contributed by atoms with Crippen molar-refractivity contribution in [1.82, 2.24) is 4.90 Å². The molecule has 1 unspecified atom stereocenters. The first-order chi connectivity index (χ1) is 9.11. The third kappa shape index (κ3) is 4.24. The van der Waals surface area contributed by atoms with Crippen LogP contribution in [0.2, 0.25) is 5.02 Å². The fraction of sp³-hybridized carbons (Fsp3) is 0.500. The van der Waals surface area contributed by atoms with E-state index in [0.29, 0.717) is 0 Å². The van der Waals surface area contributed by atoms with Crippen molar-refractivity contribution >= 4 is 11.6 Å². The highest BCUT2D eigenvalue weighted by Crippen LogP contribution is 2.28. The van der Waals surface area contributed by atoms with Gasteiger partial charge in [0.15, 0.2) is 0 Å². The number of rotatable bonds is 2. The van der Waals surface area contributed by atoms with Gasteiger partial charge in [0.05, 0.1) is 6.54 Å². The minimum absolute atomic E-state index is 0.0419. The van der Waals surface area contributed by atoms with E-state index in [1.54, 1.807) is 0 Å². The second kappa shape index (κ2) is 6.43. The van der Waals surface area contributed by atoms with Crippen LogP contribution in [0.3, 0.4) is 0 Å². The number of benzene rings is 1. The molecule has 1 atom stereocenters. The molecule has 19 heavy (non-hydrogen) atoms. The summed E-state index contributed by atoms with van der Waals surface area (Å²) in [5.74, 6) is 6.36. The fourth-order valence-corrected chi connectivity index (χ4v) is 2.60. The molecule has 1 aliphatic heterocycles. The number of halogens is 1. The molecule has 3 heteroatoms. The number of hydrogen-bond donors (Lipinski definition) is 1. The largest absolute Gasteiger partial charge is 0.396 e. The molecule has 0 bridgehead atoms. The Kier molecular flexibility index (Phi) is 4.87.